The molecule has 2 N–H and O–H groups in total. The van der Waals surface area contributed by atoms with Crippen LogP contribution in [-0.4, -0.2) is 50.7 Å². The first-order valence-electron chi connectivity index (χ1n) is 8.82. The minimum absolute atomic E-state index is 0.0351. The number of benzene rings is 2. The molecule has 0 radical (unpaired) electrons. The SMILES string of the molecule is COc1cccc(N2CC[NH+](CC(=O)Nc3cccc([N+](=O)[O-])c3)CC2)c1. The van der Waals surface area contributed by atoms with Gasteiger partial charge in [0.05, 0.1) is 38.2 Å². The average Bonchev–Trinajstić information content (AvgIpc) is 2.68. The van der Waals surface area contributed by atoms with Crippen molar-refractivity contribution in [2.75, 3.05) is 50.1 Å². The van der Waals surface area contributed by atoms with Gasteiger partial charge in [-0.3, -0.25) is 14.9 Å². The third-order valence-corrected chi connectivity index (χ3v) is 4.64. The van der Waals surface area contributed by atoms with Crippen molar-refractivity contribution in [3.8, 4) is 5.75 Å². The highest BCUT2D eigenvalue weighted by atomic mass is 16.6. The van der Waals surface area contributed by atoms with Gasteiger partial charge in [0, 0.05) is 29.6 Å². The maximum Gasteiger partial charge on any atom is 0.279 e. The van der Waals surface area contributed by atoms with Crippen LogP contribution < -0.4 is 19.9 Å². The number of piperazine rings is 1. The van der Waals surface area contributed by atoms with E-state index < -0.39 is 4.92 Å². The highest BCUT2D eigenvalue weighted by Gasteiger charge is 2.22. The van der Waals surface area contributed by atoms with Gasteiger partial charge in [0.1, 0.15) is 5.75 Å². The molecule has 1 heterocycles. The number of ether oxygens (including phenoxy) is 1. The molecule has 0 aromatic heterocycles. The molecule has 3 rings (SSSR count). The number of carbonyl (C=O) groups excluding carboxylic acids is 1. The Bertz CT molecular complexity index is 819. The number of rotatable bonds is 6. The van der Waals surface area contributed by atoms with Crippen LogP contribution in [0.1, 0.15) is 0 Å². The van der Waals surface area contributed by atoms with E-state index >= 15 is 0 Å². The molecule has 2 aromatic carbocycles. The van der Waals surface area contributed by atoms with Crippen LogP contribution in [0.25, 0.3) is 0 Å². The lowest BCUT2D eigenvalue weighted by Gasteiger charge is -2.33. The molecule has 8 heteroatoms. The number of nitrogens with one attached hydrogen (secondary N) is 2. The minimum atomic E-state index is -0.474. The van der Waals surface area contributed by atoms with Crippen molar-refractivity contribution >= 4 is 23.0 Å². The molecular weight excluding hydrogens is 348 g/mol. The van der Waals surface area contributed by atoms with Crippen molar-refractivity contribution in [2.24, 2.45) is 0 Å². The van der Waals surface area contributed by atoms with Gasteiger partial charge in [-0.25, -0.2) is 0 Å². The number of nitro benzene ring substituents is 1. The van der Waals surface area contributed by atoms with Crippen LogP contribution in [0.5, 0.6) is 5.75 Å². The summed E-state index contributed by atoms with van der Waals surface area (Å²) in [6.45, 7) is 3.74. The Kier molecular flexibility index (Phi) is 5.87. The van der Waals surface area contributed by atoms with E-state index in [4.69, 9.17) is 4.74 Å². The van der Waals surface area contributed by atoms with Crippen molar-refractivity contribution in [1.29, 1.82) is 0 Å². The van der Waals surface area contributed by atoms with Crippen molar-refractivity contribution in [3.05, 3.63) is 58.6 Å². The average molecular weight is 371 g/mol. The number of quaternary nitrogens is 1. The van der Waals surface area contributed by atoms with E-state index in [0.717, 1.165) is 37.6 Å². The molecule has 27 heavy (non-hydrogen) atoms. The van der Waals surface area contributed by atoms with Gasteiger partial charge in [-0.15, -0.1) is 0 Å². The predicted octanol–water partition coefficient (Wildman–Crippen LogP) is 0.947. The van der Waals surface area contributed by atoms with Crippen molar-refractivity contribution in [3.63, 3.8) is 0 Å². The Hall–Kier alpha value is -3.13. The summed E-state index contributed by atoms with van der Waals surface area (Å²) in [6, 6.07) is 14.0. The van der Waals surface area contributed by atoms with Crippen LogP contribution in [0.3, 0.4) is 0 Å². The fourth-order valence-corrected chi connectivity index (χ4v) is 3.19. The molecule has 0 bridgehead atoms. The Morgan fingerprint density at radius 2 is 1.96 bits per heavy atom. The van der Waals surface area contributed by atoms with E-state index in [0.29, 0.717) is 12.2 Å². The Labute approximate surface area is 157 Å². The maximum atomic E-state index is 12.3. The first kappa shape index (κ1) is 18.7. The van der Waals surface area contributed by atoms with Gasteiger partial charge in [-0.2, -0.15) is 0 Å². The quantitative estimate of drug-likeness (QED) is 0.583. The maximum absolute atomic E-state index is 12.3. The highest BCUT2D eigenvalue weighted by molar-refractivity contribution is 5.91. The highest BCUT2D eigenvalue weighted by Crippen LogP contribution is 2.20. The van der Waals surface area contributed by atoms with Crippen molar-refractivity contribution in [1.82, 2.24) is 0 Å². The zero-order valence-corrected chi connectivity index (χ0v) is 15.2. The molecule has 1 aliphatic rings. The Balaban J connectivity index is 1.50. The zero-order chi connectivity index (χ0) is 19.2. The van der Waals surface area contributed by atoms with E-state index in [2.05, 4.69) is 16.3 Å². The summed E-state index contributed by atoms with van der Waals surface area (Å²) in [7, 11) is 1.65. The number of anilines is 2. The van der Waals surface area contributed by atoms with Crippen LogP contribution in [0, 0.1) is 10.1 Å². The molecule has 1 saturated heterocycles. The lowest BCUT2D eigenvalue weighted by atomic mass is 10.2. The fourth-order valence-electron chi connectivity index (χ4n) is 3.19. The minimum Gasteiger partial charge on any atom is -0.497 e. The summed E-state index contributed by atoms with van der Waals surface area (Å²) in [5.74, 6) is 0.693. The Morgan fingerprint density at radius 1 is 1.22 bits per heavy atom. The van der Waals surface area contributed by atoms with E-state index in [-0.39, 0.29) is 11.6 Å². The smallest absolute Gasteiger partial charge is 0.279 e. The number of hydrogen-bond acceptors (Lipinski definition) is 5. The number of methoxy groups -OCH3 is 1. The molecular formula is C19H23N4O4+. The number of carbonyl (C=O) groups is 1. The number of amides is 1. The molecule has 142 valence electrons. The second kappa shape index (κ2) is 8.50. The third kappa shape index (κ3) is 4.95. The summed E-state index contributed by atoms with van der Waals surface area (Å²) in [6.07, 6.45) is 0. The summed E-state index contributed by atoms with van der Waals surface area (Å²) in [5, 5.41) is 13.6. The molecule has 1 fully saturated rings. The summed E-state index contributed by atoms with van der Waals surface area (Å²) < 4.78 is 5.27. The lowest BCUT2D eigenvalue weighted by molar-refractivity contribution is -0.892. The van der Waals surface area contributed by atoms with E-state index in [1.807, 2.05) is 18.2 Å². The second-order valence-electron chi connectivity index (χ2n) is 6.47. The van der Waals surface area contributed by atoms with Crippen LogP contribution in [0.15, 0.2) is 48.5 Å². The van der Waals surface area contributed by atoms with Crippen molar-refractivity contribution < 1.29 is 19.4 Å². The molecule has 0 atom stereocenters. The summed E-state index contributed by atoms with van der Waals surface area (Å²) in [5.41, 5.74) is 1.53. The van der Waals surface area contributed by atoms with Gasteiger partial charge < -0.3 is 19.9 Å². The molecule has 1 amide bonds. The van der Waals surface area contributed by atoms with Crippen LogP contribution in [-0.2, 0) is 4.79 Å². The molecule has 0 aliphatic carbocycles. The number of non-ortho nitro benzene ring substituents is 1. The van der Waals surface area contributed by atoms with Gasteiger partial charge in [-0.05, 0) is 18.2 Å². The lowest BCUT2D eigenvalue weighted by Crippen LogP contribution is -3.15. The number of hydrogen-bond donors (Lipinski definition) is 2. The van der Waals surface area contributed by atoms with Crippen LogP contribution >= 0.6 is 0 Å². The predicted molar refractivity (Wildman–Crippen MR) is 102 cm³/mol. The molecule has 0 unspecified atom stereocenters. The van der Waals surface area contributed by atoms with Crippen LogP contribution in [0.4, 0.5) is 17.1 Å². The normalized spacial score (nSPS) is 14.6. The monoisotopic (exact) mass is 371 g/mol. The van der Waals surface area contributed by atoms with Crippen molar-refractivity contribution in [2.45, 2.75) is 0 Å². The molecule has 0 spiro atoms. The topological polar surface area (TPSA) is 89.2 Å². The molecule has 2 aromatic rings. The van der Waals surface area contributed by atoms with Gasteiger partial charge in [-0.1, -0.05) is 12.1 Å². The standard InChI is InChI=1S/C19H22N4O4/c1-27-18-7-3-5-16(13-18)22-10-8-21(9-11-22)14-19(24)20-15-4-2-6-17(12-15)23(25)26/h2-7,12-13H,8-11,14H2,1H3,(H,20,24)/p+1. The van der Waals surface area contributed by atoms with Gasteiger partial charge in [0.25, 0.3) is 11.6 Å². The van der Waals surface area contributed by atoms with Gasteiger partial charge in [0.15, 0.2) is 6.54 Å². The molecule has 1 aliphatic heterocycles. The first-order valence-corrected chi connectivity index (χ1v) is 8.82. The zero-order valence-electron chi connectivity index (χ0n) is 15.2. The number of nitrogens with zero attached hydrogens (tertiary/aromatic N) is 2. The van der Waals surface area contributed by atoms with Gasteiger partial charge >= 0.3 is 0 Å². The van der Waals surface area contributed by atoms with Gasteiger partial charge in [0.2, 0.25) is 0 Å². The second-order valence-corrected chi connectivity index (χ2v) is 6.47. The first-order chi connectivity index (χ1) is 13.0. The molecule has 8 nitrogen and oxygen atoms in total. The van der Waals surface area contributed by atoms with Crippen LogP contribution in [0.2, 0.25) is 0 Å². The largest absolute Gasteiger partial charge is 0.497 e. The van der Waals surface area contributed by atoms with E-state index in [9.17, 15) is 14.9 Å². The summed E-state index contributed by atoms with van der Waals surface area (Å²) in [4.78, 5) is 26.1. The third-order valence-electron chi connectivity index (χ3n) is 4.64. The Morgan fingerprint density at radius 3 is 2.67 bits per heavy atom. The van der Waals surface area contributed by atoms with E-state index in [1.54, 1.807) is 19.2 Å². The fraction of sp³-hybridized carbons (Fsp3) is 0.316. The summed E-state index contributed by atoms with van der Waals surface area (Å²) >= 11 is 0. The van der Waals surface area contributed by atoms with E-state index in [1.165, 1.54) is 17.0 Å². The molecule has 0 saturated carbocycles. The number of nitro groups is 1.